The summed E-state index contributed by atoms with van der Waals surface area (Å²) in [5.74, 6) is -7.31. The van der Waals surface area contributed by atoms with Gasteiger partial charge >= 0.3 is 11.9 Å². The molecule has 1 aromatic rings. The van der Waals surface area contributed by atoms with Gasteiger partial charge in [-0.3, -0.25) is 5.43 Å². The van der Waals surface area contributed by atoms with Crippen molar-refractivity contribution in [2.45, 2.75) is 0 Å². The van der Waals surface area contributed by atoms with Crippen molar-refractivity contribution >= 4 is 17.6 Å². The Morgan fingerprint density at radius 3 is 1.78 bits per heavy atom. The van der Waals surface area contributed by atoms with E-state index in [9.17, 15) is 17.7 Å². The molecule has 0 aliphatic heterocycles. The lowest BCUT2D eigenvalue weighted by Gasteiger charge is -2.03. The standard InChI is InChI=1S/C6H4F4N2.C2H2O4/c7-3-1-5(9)6(11-12-10)2-4(3)8;3-1(4)2(5)6/h1-2,11-12H;(H,3,4)(H,5,6). The minimum Gasteiger partial charge on any atom is -0.473 e. The molecule has 0 fully saturated rings. The van der Waals surface area contributed by atoms with Crippen LogP contribution in [-0.4, -0.2) is 22.2 Å². The number of aliphatic carboxylic acids is 2. The quantitative estimate of drug-likeness (QED) is 0.211. The van der Waals surface area contributed by atoms with Crippen molar-refractivity contribution in [3.63, 3.8) is 0 Å². The Labute approximate surface area is 96.7 Å². The fourth-order valence-corrected chi connectivity index (χ4v) is 0.669. The first-order chi connectivity index (χ1) is 8.29. The number of carboxylic acid groups (broad SMARTS) is 2. The zero-order valence-electron chi connectivity index (χ0n) is 8.38. The molecule has 0 aliphatic rings. The van der Waals surface area contributed by atoms with Gasteiger partial charge in [-0.05, 0) is 0 Å². The first kappa shape index (κ1) is 15.6. The normalized spacial score (nSPS) is 9.11. The number of hydrazine groups is 1. The lowest BCUT2D eigenvalue weighted by Crippen LogP contribution is -2.12. The number of hydrogen-bond donors (Lipinski definition) is 4. The SMILES string of the molecule is FNNc1cc(F)c(F)cc1F.O=C(O)C(=O)O. The molecule has 0 spiro atoms. The summed E-state index contributed by atoms with van der Waals surface area (Å²) in [5, 5.41) is 14.8. The molecule has 1 aromatic carbocycles. The van der Waals surface area contributed by atoms with Gasteiger partial charge < -0.3 is 10.2 Å². The largest absolute Gasteiger partial charge is 0.473 e. The lowest BCUT2D eigenvalue weighted by molar-refractivity contribution is -0.159. The summed E-state index contributed by atoms with van der Waals surface area (Å²) in [4.78, 5) is 18.2. The third-order valence-corrected chi connectivity index (χ3v) is 1.37. The molecule has 0 aliphatic carbocycles. The Morgan fingerprint density at radius 2 is 1.39 bits per heavy atom. The van der Waals surface area contributed by atoms with Crippen LogP contribution < -0.4 is 11.1 Å². The fourth-order valence-electron chi connectivity index (χ4n) is 0.669. The molecule has 0 saturated carbocycles. The van der Waals surface area contributed by atoms with Crippen molar-refractivity contribution in [3.05, 3.63) is 29.6 Å². The molecule has 0 heterocycles. The zero-order valence-corrected chi connectivity index (χ0v) is 8.38. The van der Waals surface area contributed by atoms with Gasteiger partial charge in [-0.1, -0.05) is 5.65 Å². The van der Waals surface area contributed by atoms with Crippen LogP contribution in [0.5, 0.6) is 0 Å². The van der Waals surface area contributed by atoms with Crippen LogP contribution in [0.1, 0.15) is 0 Å². The van der Waals surface area contributed by atoms with Gasteiger partial charge in [0, 0.05) is 12.1 Å². The Bertz CT molecular complexity index is 443. The summed E-state index contributed by atoms with van der Waals surface area (Å²) in [5.41, 5.74) is 2.03. The van der Waals surface area contributed by atoms with Gasteiger partial charge in [0.25, 0.3) is 0 Å². The number of anilines is 1. The molecule has 100 valence electrons. The number of hydrogen-bond acceptors (Lipinski definition) is 4. The average Bonchev–Trinajstić information content (AvgIpc) is 2.27. The zero-order chi connectivity index (χ0) is 14.3. The molecule has 0 saturated heterocycles. The lowest BCUT2D eigenvalue weighted by atomic mass is 10.3. The molecule has 0 aromatic heterocycles. The highest BCUT2D eigenvalue weighted by Gasteiger charge is 2.08. The van der Waals surface area contributed by atoms with E-state index in [2.05, 4.69) is 0 Å². The van der Waals surface area contributed by atoms with E-state index in [1.165, 1.54) is 0 Å². The summed E-state index contributed by atoms with van der Waals surface area (Å²) in [6.45, 7) is 0. The molecular weight excluding hydrogens is 264 g/mol. The minimum absolute atomic E-state index is 0.314. The second kappa shape index (κ2) is 7.06. The average molecular weight is 270 g/mol. The maximum atomic E-state index is 12.5. The van der Waals surface area contributed by atoms with Crippen LogP contribution >= 0.6 is 0 Å². The van der Waals surface area contributed by atoms with Gasteiger partial charge in [-0.15, -0.1) is 4.48 Å². The van der Waals surface area contributed by atoms with E-state index in [0.717, 1.165) is 5.65 Å². The Hall–Kier alpha value is -2.36. The van der Waals surface area contributed by atoms with Crippen molar-refractivity contribution in [1.29, 1.82) is 0 Å². The molecule has 0 radical (unpaired) electrons. The maximum Gasteiger partial charge on any atom is 0.414 e. The number of nitrogens with one attached hydrogen (secondary N) is 2. The maximum absolute atomic E-state index is 12.5. The van der Waals surface area contributed by atoms with Crippen LogP contribution in [0, 0.1) is 17.5 Å². The molecule has 18 heavy (non-hydrogen) atoms. The minimum atomic E-state index is -1.82. The third-order valence-electron chi connectivity index (χ3n) is 1.37. The number of benzene rings is 1. The summed E-state index contributed by atoms with van der Waals surface area (Å²) < 4.78 is 48.5. The van der Waals surface area contributed by atoms with E-state index < -0.39 is 35.1 Å². The van der Waals surface area contributed by atoms with Crippen molar-refractivity contribution < 1.29 is 37.5 Å². The smallest absolute Gasteiger partial charge is 0.414 e. The van der Waals surface area contributed by atoms with Crippen LogP contribution in [0.25, 0.3) is 0 Å². The van der Waals surface area contributed by atoms with Gasteiger partial charge in [-0.25, -0.2) is 22.8 Å². The first-order valence-corrected chi connectivity index (χ1v) is 4.02. The van der Waals surface area contributed by atoms with Crippen LogP contribution in [0.4, 0.5) is 23.3 Å². The predicted molar refractivity (Wildman–Crippen MR) is 49.5 cm³/mol. The summed E-state index contributed by atoms with van der Waals surface area (Å²) in [6.07, 6.45) is 0. The van der Waals surface area contributed by atoms with Crippen molar-refractivity contribution in [1.82, 2.24) is 5.65 Å². The van der Waals surface area contributed by atoms with Gasteiger partial charge in [0.1, 0.15) is 0 Å². The molecule has 0 amide bonds. The van der Waals surface area contributed by atoms with E-state index in [1.54, 1.807) is 5.43 Å². The highest BCUT2D eigenvalue weighted by atomic mass is 19.2. The second-order valence-electron chi connectivity index (χ2n) is 2.58. The van der Waals surface area contributed by atoms with Gasteiger partial charge in [0.2, 0.25) is 0 Å². The van der Waals surface area contributed by atoms with E-state index in [1.807, 2.05) is 0 Å². The van der Waals surface area contributed by atoms with Gasteiger partial charge in [-0.2, -0.15) is 0 Å². The van der Waals surface area contributed by atoms with Crippen LogP contribution in [0.15, 0.2) is 12.1 Å². The van der Waals surface area contributed by atoms with Crippen LogP contribution in [-0.2, 0) is 9.59 Å². The highest BCUT2D eigenvalue weighted by molar-refractivity contribution is 6.27. The van der Waals surface area contributed by atoms with E-state index >= 15 is 0 Å². The van der Waals surface area contributed by atoms with Crippen molar-refractivity contribution in [3.8, 4) is 0 Å². The molecule has 6 nitrogen and oxygen atoms in total. The van der Waals surface area contributed by atoms with Crippen molar-refractivity contribution in [2.75, 3.05) is 5.43 Å². The van der Waals surface area contributed by atoms with E-state index in [0.29, 0.717) is 12.1 Å². The second-order valence-corrected chi connectivity index (χ2v) is 2.58. The molecule has 1 rings (SSSR count). The van der Waals surface area contributed by atoms with E-state index in [4.69, 9.17) is 19.8 Å². The summed E-state index contributed by atoms with van der Waals surface area (Å²) in [6, 6.07) is 0.812. The van der Waals surface area contributed by atoms with Gasteiger partial charge in [0.15, 0.2) is 17.5 Å². The highest BCUT2D eigenvalue weighted by Crippen LogP contribution is 2.17. The first-order valence-electron chi connectivity index (χ1n) is 4.02. The van der Waals surface area contributed by atoms with Gasteiger partial charge in [0.05, 0.1) is 5.69 Å². The van der Waals surface area contributed by atoms with E-state index in [-0.39, 0.29) is 0 Å². The predicted octanol–water partition coefficient (Wildman–Crippen LogP) is 1.06. The molecule has 4 N–H and O–H groups in total. The van der Waals surface area contributed by atoms with Crippen LogP contribution in [0.2, 0.25) is 0 Å². The number of rotatable bonds is 2. The Balaban J connectivity index is 0.000000411. The van der Waals surface area contributed by atoms with Crippen LogP contribution in [0.3, 0.4) is 0 Å². The summed E-state index contributed by atoms with van der Waals surface area (Å²) in [7, 11) is 0. The Kier molecular flexibility index (Phi) is 6.14. The molecule has 0 unspecified atom stereocenters. The monoisotopic (exact) mass is 270 g/mol. The fraction of sp³-hybridized carbons (Fsp3) is 0. The molecular formula is C8H6F4N2O4. The topological polar surface area (TPSA) is 98.7 Å². The molecule has 0 atom stereocenters. The third kappa shape index (κ3) is 5.12. The molecule has 0 bridgehead atoms. The number of halogens is 4. The van der Waals surface area contributed by atoms with Crippen molar-refractivity contribution in [2.24, 2.45) is 0 Å². The Morgan fingerprint density at radius 1 is 0.944 bits per heavy atom. The summed E-state index contributed by atoms with van der Waals surface area (Å²) >= 11 is 0. The number of carbonyl (C=O) groups is 2. The number of carboxylic acids is 2. The molecule has 10 heteroatoms.